The van der Waals surface area contributed by atoms with Crippen molar-refractivity contribution in [3.63, 3.8) is 0 Å². The highest BCUT2D eigenvalue weighted by Gasteiger charge is 2.15. The molecule has 4 aromatic rings. The van der Waals surface area contributed by atoms with Gasteiger partial charge in [0.1, 0.15) is 29.1 Å². The summed E-state index contributed by atoms with van der Waals surface area (Å²) >= 11 is 7.18. The average molecular weight is 431 g/mol. The number of hydrogen-bond donors (Lipinski definition) is 1. The van der Waals surface area contributed by atoms with Crippen molar-refractivity contribution in [2.24, 2.45) is 0 Å². The molecule has 8 heteroatoms. The molecule has 2 aromatic carbocycles. The lowest BCUT2D eigenvalue weighted by Gasteiger charge is -2.14. The van der Waals surface area contributed by atoms with Gasteiger partial charge in [-0.1, -0.05) is 23.7 Å². The van der Waals surface area contributed by atoms with Gasteiger partial charge in [0, 0.05) is 16.0 Å². The summed E-state index contributed by atoms with van der Waals surface area (Å²) in [7, 11) is 0. The molecule has 0 fully saturated rings. The lowest BCUT2D eigenvalue weighted by Crippen LogP contribution is -2.30. The summed E-state index contributed by atoms with van der Waals surface area (Å²) in [5.41, 5.74) is 1.17. The van der Waals surface area contributed by atoms with Crippen molar-refractivity contribution in [1.29, 1.82) is 0 Å². The Balaban J connectivity index is 1.55. The number of aliphatic hydroxyl groups is 1. The molecular formula is C21H16ClFN2O3S. The number of fused-ring (bicyclic) bond motifs is 1. The maximum absolute atomic E-state index is 13.2. The molecule has 4 rings (SSSR count). The molecule has 0 saturated heterocycles. The lowest BCUT2D eigenvalue weighted by molar-refractivity contribution is 0.0915. The zero-order valence-electron chi connectivity index (χ0n) is 15.1. The van der Waals surface area contributed by atoms with E-state index >= 15 is 0 Å². The molecule has 2 heterocycles. The zero-order valence-corrected chi connectivity index (χ0v) is 16.7. The lowest BCUT2D eigenvalue weighted by atomic mass is 10.1. The maximum atomic E-state index is 13.2. The van der Waals surface area contributed by atoms with Crippen LogP contribution >= 0.6 is 22.9 Å². The molecule has 0 radical (unpaired) electrons. The van der Waals surface area contributed by atoms with E-state index in [9.17, 15) is 14.3 Å². The largest absolute Gasteiger partial charge is 0.491 e. The van der Waals surface area contributed by atoms with Gasteiger partial charge in [-0.15, -0.1) is 11.3 Å². The quantitative estimate of drug-likeness (QED) is 0.493. The van der Waals surface area contributed by atoms with Crippen LogP contribution in [0, 0.1) is 5.82 Å². The van der Waals surface area contributed by atoms with Gasteiger partial charge < -0.3 is 9.84 Å². The number of benzene rings is 2. The van der Waals surface area contributed by atoms with Gasteiger partial charge in [-0.05, 0) is 42.0 Å². The van der Waals surface area contributed by atoms with Crippen molar-refractivity contribution in [3.8, 4) is 16.9 Å². The molecular weight excluding hydrogens is 415 g/mol. The first-order valence-electron chi connectivity index (χ1n) is 8.80. The van der Waals surface area contributed by atoms with E-state index in [4.69, 9.17) is 16.3 Å². The average Bonchev–Trinajstić information content (AvgIpc) is 3.15. The number of aliphatic hydroxyl groups excluding tert-OH is 1. The molecule has 0 aliphatic rings. The predicted molar refractivity (Wildman–Crippen MR) is 112 cm³/mol. The van der Waals surface area contributed by atoms with Crippen LogP contribution in [-0.2, 0) is 6.54 Å². The summed E-state index contributed by atoms with van der Waals surface area (Å²) in [4.78, 5) is 17.9. The molecule has 1 atom stereocenters. The second kappa shape index (κ2) is 8.32. The van der Waals surface area contributed by atoms with Crippen LogP contribution < -0.4 is 10.3 Å². The van der Waals surface area contributed by atoms with Crippen LogP contribution in [0.1, 0.15) is 0 Å². The number of hydrogen-bond acceptors (Lipinski definition) is 5. The highest BCUT2D eigenvalue weighted by molar-refractivity contribution is 7.17. The van der Waals surface area contributed by atoms with E-state index in [0.717, 1.165) is 5.56 Å². The van der Waals surface area contributed by atoms with Gasteiger partial charge >= 0.3 is 0 Å². The van der Waals surface area contributed by atoms with Gasteiger partial charge in [-0.2, -0.15) is 0 Å². The van der Waals surface area contributed by atoms with E-state index < -0.39 is 6.10 Å². The van der Waals surface area contributed by atoms with Crippen LogP contribution in [0.2, 0.25) is 5.02 Å². The first-order chi connectivity index (χ1) is 14.0. The van der Waals surface area contributed by atoms with Crippen LogP contribution in [0.25, 0.3) is 21.3 Å². The first kappa shape index (κ1) is 19.6. The Bertz CT molecular complexity index is 1190. The normalized spacial score (nSPS) is 12.2. The fourth-order valence-electron chi connectivity index (χ4n) is 2.94. The van der Waals surface area contributed by atoms with Gasteiger partial charge in [0.05, 0.1) is 18.3 Å². The Morgan fingerprint density at radius 1 is 1.17 bits per heavy atom. The Hall–Kier alpha value is -2.74. The summed E-state index contributed by atoms with van der Waals surface area (Å²) in [6.45, 7) is 0.0502. The smallest absolute Gasteiger partial charge is 0.262 e. The van der Waals surface area contributed by atoms with E-state index in [0.29, 0.717) is 26.6 Å². The maximum Gasteiger partial charge on any atom is 0.262 e. The standard InChI is InChI=1S/C21H16ClFN2O3S/c22-14-3-7-17(8-4-14)28-10-16(26)9-25-12-24-20-19(21(25)27)18(11-29-20)13-1-5-15(23)6-2-13/h1-8,11-12,16,26H,9-10H2/t16-/m1/s1. The van der Waals surface area contributed by atoms with Gasteiger partial charge in [0.25, 0.3) is 5.56 Å². The number of ether oxygens (including phenoxy) is 1. The SMILES string of the molecule is O=c1c2c(-c3ccc(F)cc3)csc2ncn1C[C@@H](O)COc1ccc(Cl)cc1. The molecule has 0 bridgehead atoms. The monoisotopic (exact) mass is 430 g/mol. The number of nitrogens with zero attached hydrogens (tertiary/aromatic N) is 2. The minimum Gasteiger partial charge on any atom is -0.491 e. The van der Waals surface area contributed by atoms with Gasteiger partial charge in [-0.3, -0.25) is 9.36 Å². The molecule has 0 amide bonds. The number of rotatable bonds is 6. The molecule has 148 valence electrons. The summed E-state index contributed by atoms with van der Waals surface area (Å²) in [5, 5.41) is 13.2. The van der Waals surface area contributed by atoms with Crippen LogP contribution in [0.3, 0.4) is 0 Å². The Morgan fingerprint density at radius 2 is 1.90 bits per heavy atom. The van der Waals surface area contributed by atoms with Crippen molar-refractivity contribution < 1.29 is 14.2 Å². The second-order valence-corrected chi connectivity index (χ2v) is 7.75. The van der Waals surface area contributed by atoms with E-state index in [1.165, 1.54) is 34.4 Å². The third kappa shape index (κ3) is 4.32. The molecule has 29 heavy (non-hydrogen) atoms. The fraction of sp³-hybridized carbons (Fsp3) is 0.143. The van der Waals surface area contributed by atoms with Crippen LogP contribution in [0.15, 0.2) is 65.0 Å². The Morgan fingerprint density at radius 3 is 2.62 bits per heavy atom. The molecule has 0 unspecified atom stereocenters. The molecule has 2 aromatic heterocycles. The third-order valence-electron chi connectivity index (χ3n) is 4.38. The van der Waals surface area contributed by atoms with Crippen LogP contribution in [0.4, 0.5) is 4.39 Å². The Labute approximate surface area is 174 Å². The van der Waals surface area contributed by atoms with Gasteiger partial charge in [0.15, 0.2) is 0 Å². The van der Waals surface area contributed by atoms with E-state index in [-0.39, 0.29) is 24.5 Å². The van der Waals surface area contributed by atoms with Crippen molar-refractivity contribution in [2.75, 3.05) is 6.61 Å². The summed E-state index contributed by atoms with van der Waals surface area (Å²) in [6.07, 6.45) is 0.511. The highest BCUT2D eigenvalue weighted by Crippen LogP contribution is 2.30. The van der Waals surface area contributed by atoms with Crippen LogP contribution in [0.5, 0.6) is 5.75 Å². The second-order valence-electron chi connectivity index (χ2n) is 6.46. The van der Waals surface area contributed by atoms with E-state index in [1.54, 1.807) is 36.4 Å². The summed E-state index contributed by atoms with van der Waals surface area (Å²) in [6, 6.07) is 12.8. The van der Waals surface area contributed by atoms with Crippen molar-refractivity contribution in [1.82, 2.24) is 9.55 Å². The molecule has 0 spiro atoms. The Kier molecular flexibility index (Phi) is 5.62. The molecule has 0 aliphatic heterocycles. The van der Waals surface area contributed by atoms with Crippen molar-refractivity contribution in [2.45, 2.75) is 12.6 Å². The van der Waals surface area contributed by atoms with E-state index in [2.05, 4.69) is 4.98 Å². The number of halogens is 2. The molecule has 0 aliphatic carbocycles. The van der Waals surface area contributed by atoms with Crippen molar-refractivity contribution >= 4 is 33.2 Å². The minimum absolute atomic E-state index is 0.0145. The van der Waals surface area contributed by atoms with Gasteiger partial charge in [0.2, 0.25) is 0 Å². The zero-order chi connectivity index (χ0) is 20.4. The topological polar surface area (TPSA) is 64.4 Å². The summed E-state index contributed by atoms with van der Waals surface area (Å²) < 4.78 is 20.1. The van der Waals surface area contributed by atoms with E-state index in [1.807, 2.05) is 5.38 Å². The number of aromatic nitrogens is 2. The molecule has 1 N–H and O–H groups in total. The highest BCUT2D eigenvalue weighted by atomic mass is 35.5. The van der Waals surface area contributed by atoms with Crippen LogP contribution in [-0.4, -0.2) is 27.4 Å². The summed E-state index contributed by atoms with van der Waals surface area (Å²) in [5.74, 6) is 0.235. The fourth-order valence-corrected chi connectivity index (χ4v) is 3.98. The van der Waals surface area contributed by atoms with Crippen molar-refractivity contribution in [3.05, 3.63) is 81.4 Å². The molecule has 5 nitrogen and oxygen atoms in total. The van der Waals surface area contributed by atoms with Gasteiger partial charge in [-0.25, -0.2) is 9.37 Å². The first-order valence-corrected chi connectivity index (χ1v) is 10.1. The molecule has 0 saturated carbocycles. The number of thiophene rings is 1. The minimum atomic E-state index is -0.907. The third-order valence-corrected chi connectivity index (χ3v) is 5.52. The predicted octanol–water partition coefficient (Wildman–Crippen LogP) is 4.36.